The van der Waals surface area contributed by atoms with E-state index in [4.69, 9.17) is 5.84 Å². The van der Waals surface area contributed by atoms with Gasteiger partial charge in [0.15, 0.2) is 5.82 Å². The minimum absolute atomic E-state index is 0.605. The predicted molar refractivity (Wildman–Crippen MR) is 54.7 cm³/mol. The van der Waals surface area contributed by atoms with E-state index < -0.39 is 0 Å². The van der Waals surface area contributed by atoms with Crippen molar-refractivity contribution in [2.45, 2.75) is 6.92 Å². The molecule has 1 aromatic rings. The van der Waals surface area contributed by atoms with Crippen LogP contribution in [-0.4, -0.2) is 16.4 Å². The van der Waals surface area contributed by atoms with Gasteiger partial charge < -0.3 is 5.84 Å². The molecule has 4 nitrogen and oxygen atoms in total. The smallest absolute Gasteiger partial charge is 0.177 e. The van der Waals surface area contributed by atoms with E-state index >= 15 is 0 Å². The van der Waals surface area contributed by atoms with Gasteiger partial charge in [0.05, 0.1) is 0 Å². The zero-order valence-corrected chi connectivity index (χ0v) is 7.51. The molecule has 0 saturated carbocycles. The highest BCUT2D eigenvalue weighted by Crippen LogP contribution is 2.10. The van der Waals surface area contributed by atoms with Crippen LogP contribution in [-0.2, 0) is 0 Å². The second-order valence-corrected chi connectivity index (χ2v) is 2.39. The van der Waals surface area contributed by atoms with Gasteiger partial charge in [0.2, 0.25) is 0 Å². The number of aromatic nitrogens is 2. The van der Waals surface area contributed by atoms with Gasteiger partial charge in [0.25, 0.3) is 0 Å². The Bertz CT molecular complexity index is 346. The molecular formula is C9H12N4. The fourth-order valence-corrected chi connectivity index (χ4v) is 0.897. The third-order valence-electron chi connectivity index (χ3n) is 1.51. The van der Waals surface area contributed by atoms with Gasteiger partial charge in [-0.3, -0.25) is 4.99 Å². The lowest BCUT2D eigenvalue weighted by molar-refractivity contribution is 0.965. The summed E-state index contributed by atoms with van der Waals surface area (Å²) in [6.07, 6.45) is 8.83. The monoisotopic (exact) mass is 176 g/mol. The van der Waals surface area contributed by atoms with E-state index in [1.165, 1.54) is 4.68 Å². The van der Waals surface area contributed by atoms with E-state index in [2.05, 4.69) is 16.7 Å². The Balaban J connectivity index is 3.04. The lowest BCUT2D eigenvalue weighted by atomic mass is 10.3. The Morgan fingerprint density at radius 1 is 1.77 bits per heavy atom. The van der Waals surface area contributed by atoms with Crippen LogP contribution in [0.3, 0.4) is 0 Å². The van der Waals surface area contributed by atoms with Gasteiger partial charge in [-0.15, -0.1) is 0 Å². The number of nitrogens with zero attached hydrogens (tertiary/aromatic N) is 3. The molecule has 4 heteroatoms. The van der Waals surface area contributed by atoms with Gasteiger partial charge >= 0.3 is 0 Å². The summed E-state index contributed by atoms with van der Waals surface area (Å²) in [6.45, 7) is 5.37. The van der Waals surface area contributed by atoms with Crippen molar-refractivity contribution in [2.24, 2.45) is 4.99 Å². The fraction of sp³-hybridized carbons (Fsp3) is 0.111. The third-order valence-corrected chi connectivity index (χ3v) is 1.51. The highest BCUT2D eigenvalue weighted by molar-refractivity contribution is 5.64. The van der Waals surface area contributed by atoms with Crippen molar-refractivity contribution >= 4 is 12.4 Å². The highest BCUT2D eigenvalue weighted by atomic mass is 15.3. The van der Waals surface area contributed by atoms with Crippen molar-refractivity contribution in [1.82, 2.24) is 9.66 Å². The van der Waals surface area contributed by atoms with E-state index in [1.807, 2.05) is 19.1 Å². The first kappa shape index (κ1) is 9.25. The quantitative estimate of drug-likeness (QED) is 0.427. The zero-order chi connectivity index (χ0) is 9.68. The topological polar surface area (TPSA) is 56.2 Å². The molecule has 0 bridgehead atoms. The van der Waals surface area contributed by atoms with E-state index in [1.54, 1.807) is 18.5 Å². The van der Waals surface area contributed by atoms with Crippen molar-refractivity contribution in [2.75, 3.05) is 5.84 Å². The molecule has 0 unspecified atom stereocenters. The number of hydrogen-bond acceptors (Lipinski definition) is 3. The molecule has 0 amide bonds. The molecule has 0 aromatic carbocycles. The Kier molecular flexibility index (Phi) is 3.03. The van der Waals surface area contributed by atoms with Gasteiger partial charge in [0, 0.05) is 12.4 Å². The summed E-state index contributed by atoms with van der Waals surface area (Å²) in [5.41, 5.74) is 0.658. The molecule has 1 heterocycles. The van der Waals surface area contributed by atoms with E-state index in [-0.39, 0.29) is 0 Å². The molecule has 0 aliphatic carbocycles. The van der Waals surface area contributed by atoms with Crippen LogP contribution in [0.4, 0.5) is 0 Å². The zero-order valence-electron chi connectivity index (χ0n) is 7.51. The Morgan fingerprint density at radius 3 is 3.00 bits per heavy atom. The maximum absolute atomic E-state index is 5.59. The summed E-state index contributed by atoms with van der Waals surface area (Å²) in [4.78, 5) is 7.87. The summed E-state index contributed by atoms with van der Waals surface area (Å²) in [5.74, 6) is 6.19. The molecule has 2 N–H and O–H groups in total. The summed E-state index contributed by atoms with van der Waals surface area (Å²) in [7, 11) is 0. The molecule has 0 spiro atoms. The molecule has 68 valence electrons. The maximum Gasteiger partial charge on any atom is 0.177 e. The Labute approximate surface area is 77.1 Å². The van der Waals surface area contributed by atoms with Gasteiger partial charge in [-0.05, 0) is 19.7 Å². The molecule has 1 rings (SSSR count). The second-order valence-electron chi connectivity index (χ2n) is 2.39. The number of imidazole rings is 1. The van der Waals surface area contributed by atoms with E-state index in [9.17, 15) is 0 Å². The van der Waals surface area contributed by atoms with Crippen molar-refractivity contribution in [3.63, 3.8) is 0 Å². The Hall–Kier alpha value is -1.84. The summed E-state index contributed by atoms with van der Waals surface area (Å²) < 4.78 is 1.41. The minimum atomic E-state index is 0.605. The Morgan fingerprint density at radius 2 is 2.54 bits per heavy atom. The molecule has 0 radical (unpaired) electrons. The lowest BCUT2D eigenvalue weighted by Gasteiger charge is -1.99. The lowest BCUT2D eigenvalue weighted by Crippen LogP contribution is -2.10. The van der Waals surface area contributed by atoms with E-state index in [0.717, 1.165) is 0 Å². The number of nitrogen functional groups attached to an aromatic ring is 1. The van der Waals surface area contributed by atoms with Crippen LogP contribution in [0.25, 0.3) is 5.70 Å². The average molecular weight is 176 g/mol. The van der Waals surface area contributed by atoms with Crippen LogP contribution in [0.5, 0.6) is 0 Å². The molecular weight excluding hydrogens is 164 g/mol. The first-order valence-electron chi connectivity index (χ1n) is 3.88. The fourth-order valence-electron chi connectivity index (χ4n) is 0.897. The highest BCUT2D eigenvalue weighted by Gasteiger charge is 2.03. The van der Waals surface area contributed by atoms with Crippen molar-refractivity contribution in [1.29, 1.82) is 0 Å². The number of hydrogen-bond donors (Lipinski definition) is 1. The first-order valence-corrected chi connectivity index (χ1v) is 3.88. The van der Waals surface area contributed by atoms with Crippen LogP contribution in [0.1, 0.15) is 12.7 Å². The van der Waals surface area contributed by atoms with Crippen molar-refractivity contribution in [3.05, 3.63) is 36.4 Å². The van der Waals surface area contributed by atoms with Crippen LogP contribution >= 0.6 is 0 Å². The summed E-state index contributed by atoms with van der Waals surface area (Å²) >= 11 is 0. The maximum atomic E-state index is 5.59. The first-order chi connectivity index (χ1) is 6.29. The molecule has 13 heavy (non-hydrogen) atoms. The SMILES string of the molecule is C=N/C(=C\C=C/C)c1nccn1N. The number of nitrogens with two attached hydrogens (primary N) is 1. The summed E-state index contributed by atoms with van der Waals surface area (Å²) in [6, 6.07) is 0. The molecule has 0 saturated heterocycles. The largest absolute Gasteiger partial charge is 0.338 e. The normalized spacial score (nSPS) is 12.2. The van der Waals surface area contributed by atoms with Crippen LogP contribution in [0.2, 0.25) is 0 Å². The van der Waals surface area contributed by atoms with Crippen LogP contribution in [0, 0.1) is 0 Å². The van der Waals surface area contributed by atoms with Crippen molar-refractivity contribution in [3.8, 4) is 0 Å². The van der Waals surface area contributed by atoms with Gasteiger partial charge in [-0.25, -0.2) is 9.66 Å². The number of allylic oxidation sites excluding steroid dienone is 3. The standard InChI is InChI=1S/C9H12N4/c1-3-4-5-8(11-2)9-12-6-7-13(9)10/h3-7H,2,10H2,1H3/b4-3-,8-5-. The summed E-state index contributed by atoms with van der Waals surface area (Å²) in [5, 5.41) is 0. The molecule has 0 aliphatic heterocycles. The second kappa shape index (κ2) is 4.25. The third kappa shape index (κ3) is 2.05. The number of aliphatic imine (C=N–C) groups is 1. The minimum Gasteiger partial charge on any atom is -0.338 e. The predicted octanol–water partition coefficient (Wildman–Crippen LogP) is 1.21. The van der Waals surface area contributed by atoms with E-state index in [0.29, 0.717) is 11.5 Å². The van der Waals surface area contributed by atoms with Gasteiger partial charge in [-0.2, -0.15) is 0 Å². The molecule has 0 aliphatic rings. The van der Waals surface area contributed by atoms with Crippen molar-refractivity contribution < 1.29 is 0 Å². The molecule has 0 fully saturated rings. The van der Waals surface area contributed by atoms with Gasteiger partial charge in [-0.1, -0.05) is 12.2 Å². The molecule has 1 aromatic heterocycles. The average Bonchev–Trinajstić information content (AvgIpc) is 2.54. The number of rotatable bonds is 3. The van der Waals surface area contributed by atoms with Crippen LogP contribution in [0.15, 0.2) is 35.6 Å². The molecule has 0 atom stereocenters. The van der Waals surface area contributed by atoms with Gasteiger partial charge in [0.1, 0.15) is 5.70 Å². The van der Waals surface area contributed by atoms with Crippen LogP contribution < -0.4 is 5.84 Å².